The molecule has 1 saturated heterocycles. The molecule has 0 aromatic carbocycles. The lowest BCUT2D eigenvalue weighted by Gasteiger charge is -2.30. The van der Waals surface area contributed by atoms with Crippen molar-refractivity contribution in [1.29, 1.82) is 0 Å². The van der Waals surface area contributed by atoms with Gasteiger partial charge in [0.05, 0.1) is 12.2 Å². The first-order valence-corrected chi connectivity index (χ1v) is 8.38. The van der Waals surface area contributed by atoms with Crippen molar-refractivity contribution in [3.8, 4) is 0 Å². The van der Waals surface area contributed by atoms with E-state index in [9.17, 15) is 4.79 Å². The molecule has 0 unspecified atom stereocenters. The zero-order valence-corrected chi connectivity index (χ0v) is 14.0. The third kappa shape index (κ3) is 3.00. The van der Waals surface area contributed by atoms with Crippen LogP contribution < -0.4 is 5.32 Å². The minimum atomic E-state index is -0.187. The molecular formula is C17H20N6O2. The minimum absolute atomic E-state index is 0.171. The molecule has 8 nitrogen and oxygen atoms in total. The van der Waals surface area contributed by atoms with Gasteiger partial charge in [-0.25, -0.2) is 14.5 Å². The van der Waals surface area contributed by atoms with Gasteiger partial charge in [-0.05, 0) is 24.8 Å². The SMILES string of the molecule is Cn1ccnc1[C@@H](NC(=O)c1cnn2cccnc12)C1CCOCC1. The van der Waals surface area contributed by atoms with Crippen LogP contribution in [0, 0.1) is 5.92 Å². The van der Waals surface area contributed by atoms with Crippen LogP contribution in [0.1, 0.15) is 35.1 Å². The molecule has 3 aromatic rings. The average molecular weight is 340 g/mol. The lowest BCUT2D eigenvalue weighted by molar-refractivity contribution is 0.0499. The molecule has 1 N–H and O–H groups in total. The number of aryl methyl sites for hydroxylation is 1. The minimum Gasteiger partial charge on any atom is -0.381 e. The fourth-order valence-electron chi connectivity index (χ4n) is 3.33. The van der Waals surface area contributed by atoms with Gasteiger partial charge in [0.25, 0.3) is 5.91 Å². The van der Waals surface area contributed by atoms with Crippen molar-refractivity contribution in [2.75, 3.05) is 13.2 Å². The van der Waals surface area contributed by atoms with E-state index in [0.717, 1.165) is 18.7 Å². The lowest BCUT2D eigenvalue weighted by atomic mass is 9.91. The van der Waals surface area contributed by atoms with E-state index in [4.69, 9.17) is 4.74 Å². The summed E-state index contributed by atoms with van der Waals surface area (Å²) in [5.74, 6) is 0.950. The third-order valence-corrected chi connectivity index (χ3v) is 4.68. The summed E-state index contributed by atoms with van der Waals surface area (Å²) >= 11 is 0. The molecule has 1 aliphatic rings. The van der Waals surface area contributed by atoms with Crippen molar-refractivity contribution in [2.45, 2.75) is 18.9 Å². The largest absolute Gasteiger partial charge is 0.381 e. The number of fused-ring (bicyclic) bond motifs is 1. The van der Waals surface area contributed by atoms with E-state index in [1.807, 2.05) is 17.8 Å². The van der Waals surface area contributed by atoms with Crippen molar-refractivity contribution >= 4 is 11.6 Å². The molecular weight excluding hydrogens is 320 g/mol. The van der Waals surface area contributed by atoms with Gasteiger partial charge < -0.3 is 14.6 Å². The summed E-state index contributed by atoms with van der Waals surface area (Å²) in [6.45, 7) is 1.42. The molecule has 4 heterocycles. The van der Waals surface area contributed by atoms with Crippen LogP contribution in [0.15, 0.2) is 37.1 Å². The Morgan fingerprint density at radius 1 is 1.28 bits per heavy atom. The highest BCUT2D eigenvalue weighted by molar-refractivity contribution is 5.99. The second-order valence-corrected chi connectivity index (χ2v) is 6.24. The molecule has 0 radical (unpaired) electrons. The summed E-state index contributed by atoms with van der Waals surface area (Å²) in [4.78, 5) is 21.6. The molecule has 4 rings (SSSR count). The fourth-order valence-corrected chi connectivity index (χ4v) is 3.33. The second-order valence-electron chi connectivity index (χ2n) is 6.24. The van der Waals surface area contributed by atoms with E-state index >= 15 is 0 Å². The zero-order valence-electron chi connectivity index (χ0n) is 14.0. The molecule has 0 saturated carbocycles. The molecule has 0 bridgehead atoms. The Bertz CT molecular complexity index is 880. The predicted molar refractivity (Wildman–Crippen MR) is 89.9 cm³/mol. The number of ether oxygens (including phenoxy) is 1. The molecule has 0 aliphatic carbocycles. The van der Waals surface area contributed by atoms with E-state index in [-0.39, 0.29) is 17.9 Å². The van der Waals surface area contributed by atoms with Crippen LogP contribution in [0.5, 0.6) is 0 Å². The number of hydrogen-bond acceptors (Lipinski definition) is 5. The summed E-state index contributed by atoms with van der Waals surface area (Å²) in [6.07, 6.45) is 10.4. The number of carbonyl (C=O) groups excluding carboxylic acids is 1. The molecule has 1 amide bonds. The van der Waals surface area contributed by atoms with Crippen LogP contribution in [0.3, 0.4) is 0 Å². The molecule has 8 heteroatoms. The first-order valence-electron chi connectivity index (χ1n) is 8.38. The first-order chi connectivity index (χ1) is 12.2. The Labute approximate surface area is 144 Å². The summed E-state index contributed by atoms with van der Waals surface area (Å²) in [5, 5.41) is 7.35. The Morgan fingerprint density at radius 2 is 2.12 bits per heavy atom. The van der Waals surface area contributed by atoms with Crippen molar-refractivity contribution in [3.63, 3.8) is 0 Å². The molecule has 25 heavy (non-hydrogen) atoms. The topological polar surface area (TPSA) is 86.3 Å². The van der Waals surface area contributed by atoms with Gasteiger partial charge in [-0.1, -0.05) is 0 Å². The normalized spacial score (nSPS) is 16.8. The van der Waals surface area contributed by atoms with E-state index in [1.165, 1.54) is 0 Å². The van der Waals surface area contributed by atoms with Crippen molar-refractivity contribution in [2.24, 2.45) is 13.0 Å². The quantitative estimate of drug-likeness (QED) is 0.775. The van der Waals surface area contributed by atoms with Gasteiger partial charge in [0, 0.05) is 45.0 Å². The van der Waals surface area contributed by atoms with E-state index in [2.05, 4.69) is 20.4 Å². The van der Waals surface area contributed by atoms with E-state index < -0.39 is 0 Å². The fraction of sp³-hybridized carbons (Fsp3) is 0.412. The van der Waals surface area contributed by atoms with Gasteiger partial charge in [-0.2, -0.15) is 5.10 Å². The Balaban J connectivity index is 1.63. The first kappa shape index (κ1) is 15.8. The van der Waals surface area contributed by atoms with Gasteiger partial charge in [0.15, 0.2) is 5.65 Å². The number of aromatic nitrogens is 5. The molecule has 130 valence electrons. The average Bonchev–Trinajstić information content (AvgIpc) is 3.26. The highest BCUT2D eigenvalue weighted by Gasteiger charge is 2.30. The standard InChI is InChI=1S/C17H20N6O2/c1-22-8-6-19-16(22)14(12-3-9-25-10-4-12)21-17(24)13-11-20-23-7-2-5-18-15(13)23/h2,5-8,11-12,14H,3-4,9-10H2,1H3,(H,21,24)/t14-/m0/s1. The molecule has 0 spiro atoms. The molecule has 1 fully saturated rings. The predicted octanol–water partition coefficient (Wildman–Crippen LogP) is 1.36. The number of imidazole rings is 1. The Hall–Kier alpha value is -2.74. The number of nitrogens with zero attached hydrogens (tertiary/aromatic N) is 5. The lowest BCUT2D eigenvalue weighted by Crippen LogP contribution is -2.37. The maximum absolute atomic E-state index is 12.9. The van der Waals surface area contributed by atoms with Gasteiger partial charge >= 0.3 is 0 Å². The maximum atomic E-state index is 12.9. The highest BCUT2D eigenvalue weighted by atomic mass is 16.5. The Kier molecular flexibility index (Phi) is 4.19. The van der Waals surface area contributed by atoms with Crippen LogP contribution in [0.2, 0.25) is 0 Å². The third-order valence-electron chi connectivity index (χ3n) is 4.68. The number of amides is 1. The van der Waals surface area contributed by atoms with Crippen LogP contribution in [0.25, 0.3) is 5.65 Å². The van der Waals surface area contributed by atoms with Crippen molar-refractivity contribution < 1.29 is 9.53 Å². The monoisotopic (exact) mass is 340 g/mol. The van der Waals surface area contributed by atoms with Gasteiger partial charge in [-0.3, -0.25) is 4.79 Å². The summed E-state index contributed by atoms with van der Waals surface area (Å²) in [7, 11) is 1.94. The van der Waals surface area contributed by atoms with Crippen LogP contribution in [-0.4, -0.2) is 43.3 Å². The molecule has 1 atom stereocenters. The molecule has 1 aliphatic heterocycles. The summed E-state index contributed by atoms with van der Waals surface area (Å²) in [5.41, 5.74) is 1.01. The summed E-state index contributed by atoms with van der Waals surface area (Å²) in [6, 6.07) is 1.61. The van der Waals surface area contributed by atoms with Crippen LogP contribution in [0.4, 0.5) is 0 Å². The highest BCUT2D eigenvalue weighted by Crippen LogP contribution is 2.29. The number of hydrogen-bond donors (Lipinski definition) is 1. The van der Waals surface area contributed by atoms with Crippen molar-refractivity contribution in [1.82, 2.24) is 29.5 Å². The van der Waals surface area contributed by atoms with Gasteiger partial charge in [0.1, 0.15) is 11.4 Å². The number of rotatable bonds is 4. The van der Waals surface area contributed by atoms with Gasteiger partial charge in [-0.15, -0.1) is 0 Å². The van der Waals surface area contributed by atoms with Crippen LogP contribution >= 0.6 is 0 Å². The summed E-state index contributed by atoms with van der Waals surface area (Å²) < 4.78 is 9.02. The van der Waals surface area contributed by atoms with E-state index in [0.29, 0.717) is 24.4 Å². The Morgan fingerprint density at radius 3 is 2.88 bits per heavy atom. The van der Waals surface area contributed by atoms with E-state index in [1.54, 1.807) is 35.4 Å². The second kappa shape index (κ2) is 6.64. The number of nitrogens with one attached hydrogen (secondary N) is 1. The molecule has 3 aromatic heterocycles. The maximum Gasteiger partial charge on any atom is 0.257 e. The van der Waals surface area contributed by atoms with Gasteiger partial charge in [0.2, 0.25) is 0 Å². The van der Waals surface area contributed by atoms with Crippen molar-refractivity contribution in [3.05, 3.63) is 48.4 Å². The smallest absolute Gasteiger partial charge is 0.257 e. The number of carbonyl (C=O) groups is 1. The van der Waals surface area contributed by atoms with Crippen LogP contribution in [-0.2, 0) is 11.8 Å². The zero-order chi connectivity index (χ0) is 17.2.